The fourth-order valence-electron chi connectivity index (χ4n) is 1.72. The van der Waals surface area contributed by atoms with Gasteiger partial charge in [-0.15, -0.1) is 0 Å². The number of methoxy groups -OCH3 is 1. The summed E-state index contributed by atoms with van der Waals surface area (Å²) < 4.78 is 13.6. The van der Waals surface area contributed by atoms with Gasteiger partial charge in [0.25, 0.3) is 0 Å². The minimum absolute atomic E-state index is 0.224. The van der Waals surface area contributed by atoms with E-state index in [-0.39, 0.29) is 6.10 Å². The van der Waals surface area contributed by atoms with Crippen LogP contribution in [0.4, 0.5) is 0 Å². The molecule has 2 rings (SSSR count). The molecule has 0 amide bonds. The van der Waals surface area contributed by atoms with Gasteiger partial charge in [0.2, 0.25) is 0 Å². The summed E-state index contributed by atoms with van der Waals surface area (Å²) in [6.07, 6.45) is 3.43. The summed E-state index contributed by atoms with van der Waals surface area (Å²) in [5.41, 5.74) is 6.72. The van der Waals surface area contributed by atoms with Gasteiger partial charge in [-0.05, 0) is 34.1 Å². The minimum Gasteiger partial charge on any atom is -0.497 e. The third-order valence-corrected chi connectivity index (χ3v) is 3.34. The second-order valence-electron chi connectivity index (χ2n) is 4.09. The van der Waals surface area contributed by atoms with E-state index in [4.69, 9.17) is 15.2 Å². The Morgan fingerprint density at radius 1 is 1.47 bits per heavy atom. The quantitative estimate of drug-likeness (QED) is 0.916. The summed E-state index contributed by atoms with van der Waals surface area (Å²) in [6.45, 7) is 0.379. The Kier molecular flexibility index (Phi) is 4.44. The molecule has 0 radical (unpaired) electrons. The Hall–Kier alpha value is -1.53. The average molecular weight is 326 g/mol. The number of nitrogens with two attached hydrogens (primary N) is 1. The highest BCUT2D eigenvalue weighted by atomic mass is 79.9. The van der Waals surface area contributed by atoms with Crippen LogP contribution in [0.3, 0.4) is 0 Å². The molecule has 2 N–H and O–H groups in total. The lowest BCUT2D eigenvalue weighted by molar-refractivity contribution is 0.212. The molecule has 1 aromatic carbocycles. The molecule has 1 heterocycles. The summed E-state index contributed by atoms with van der Waals surface area (Å²) >= 11 is 3.46. The van der Waals surface area contributed by atoms with Crippen molar-refractivity contribution < 1.29 is 9.47 Å². The van der Waals surface area contributed by atoms with Gasteiger partial charge in [0, 0.05) is 25.4 Å². The maximum absolute atomic E-state index is 5.91. The number of halogens is 1. The predicted octanol–water partition coefficient (Wildman–Crippen LogP) is 2.27. The van der Waals surface area contributed by atoms with Crippen molar-refractivity contribution in [2.24, 2.45) is 12.8 Å². The highest BCUT2D eigenvalue weighted by Gasteiger charge is 2.15. The highest BCUT2D eigenvalue weighted by Crippen LogP contribution is 2.32. The van der Waals surface area contributed by atoms with E-state index in [0.29, 0.717) is 6.54 Å². The van der Waals surface area contributed by atoms with Crippen LogP contribution in [0.15, 0.2) is 35.1 Å². The number of benzene rings is 1. The van der Waals surface area contributed by atoms with Gasteiger partial charge in [-0.25, -0.2) is 0 Å². The van der Waals surface area contributed by atoms with Gasteiger partial charge in [0.15, 0.2) is 0 Å². The molecule has 0 fully saturated rings. The van der Waals surface area contributed by atoms with Crippen LogP contribution < -0.4 is 15.2 Å². The van der Waals surface area contributed by atoms with Crippen LogP contribution in [-0.4, -0.2) is 23.4 Å². The number of hydrogen-bond donors (Lipinski definition) is 1. The maximum atomic E-state index is 5.91. The lowest BCUT2D eigenvalue weighted by Crippen LogP contribution is -2.18. The molecule has 6 heteroatoms. The molecule has 2 aromatic rings. The summed E-state index contributed by atoms with van der Waals surface area (Å²) in [4.78, 5) is 0. The molecule has 19 heavy (non-hydrogen) atoms. The second kappa shape index (κ2) is 6.08. The molecule has 102 valence electrons. The number of ether oxygens (including phenoxy) is 2. The Balaban J connectivity index is 2.19. The van der Waals surface area contributed by atoms with E-state index in [9.17, 15) is 0 Å². The first-order valence-corrected chi connectivity index (χ1v) is 6.62. The standard InChI is InChI=1S/C13H16BrN3O2/c1-17-8-9(7-16-17)13(6-15)19-12-4-3-10(18-2)5-11(12)14/h3-5,7-8,13H,6,15H2,1-2H3. The molecular formula is C13H16BrN3O2. The molecule has 0 saturated heterocycles. The summed E-state index contributed by atoms with van der Waals surface area (Å²) in [6, 6.07) is 5.55. The highest BCUT2D eigenvalue weighted by molar-refractivity contribution is 9.10. The first-order valence-electron chi connectivity index (χ1n) is 5.83. The molecular weight excluding hydrogens is 310 g/mol. The first kappa shape index (κ1) is 13.9. The molecule has 5 nitrogen and oxygen atoms in total. The zero-order chi connectivity index (χ0) is 13.8. The molecule has 0 saturated carbocycles. The number of nitrogens with zero attached hydrogens (tertiary/aromatic N) is 2. The second-order valence-corrected chi connectivity index (χ2v) is 4.94. The van der Waals surface area contributed by atoms with Crippen LogP contribution in [0.25, 0.3) is 0 Å². The zero-order valence-corrected chi connectivity index (χ0v) is 12.4. The molecule has 1 unspecified atom stereocenters. The van der Waals surface area contributed by atoms with Crippen molar-refractivity contribution in [3.8, 4) is 11.5 Å². The molecule has 1 atom stereocenters. The van der Waals surface area contributed by atoms with Crippen LogP contribution in [0.1, 0.15) is 11.7 Å². The van der Waals surface area contributed by atoms with Crippen LogP contribution >= 0.6 is 15.9 Å². The van der Waals surface area contributed by atoms with E-state index in [1.54, 1.807) is 18.0 Å². The molecule has 0 bridgehead atoms. The monoisotopic (exact) mass is 325 g/mol. The number of aryl methyl sites for hydroxylation is 1. The van der Waals surface area contributed by atoms with Crippen LogP contribution in [0.2, 0.25) is 0 Å². The summed E-state index contributed by atoms with van der Waals surface area (Å²) in [5.74, 6) is 1.49. The summed E-state index contributed by atoms with van der Waals surface area (Å²) in [7, 11) is 3.49. The molecule has 0 aliphatic rings. The van der Waals surface area contributed by atoms with Gasteiger partial charge < -0.3 is 15.2 Å². The molecule has 1 aromatic heterocycles. The van der Waals surface area contributed by atoms with Crippen molar-refractivity contribution >= 4 is 15.9 Å². The number of aromatic nitrogens is 2. The zero-order valence-electron chi connectivity index (χ0n) is 10.8. The van der Waals surface area contributed by atoms with Gasteiger partial charge >= 0.3 is 0 Å². The minimum atomic E-state index is -0.224. The van der Waals surface area contributed by atoms with Crippen LogP contribution in [0.5, 0.6) is 11.5 Å². The first-order chi connectivity index (χ1) is 9.13. The van der Waals surface area contributed by atoms with Gasteiger partial charge in [-0.1, -0.05) is 0 Å². The largest absolute Gasteiger partial charge is 0.497 e. The van der Waals surface area contributed by atoms with E-state index in [1.807, 2.05) is 31.4 Å². The van der Waals surface area contributed by atoms with Crippen molar-refractivity contribution in [1.82, 2.24) is 9.78 Å². The van der Waals surface area contributed by atoms with Crippen LogP contribution in [-0.2, 0) is 7.05 Å². The number of rotatable bonds is 5. The van der Waals surface area contributed by atoms with Gasteiger partial charge in [-0.2, -0.15) is 5.10 Å². The lowest BCUT2D eigenvalue weighted by atomic mass is 10.2. The third-order valence-electron chi connectivity index (χ3n) is 2.72. The van der Waals surface area contributed by atoms with Crippen molar-refractivity contribution in [3.05, 3.63) is 40.6 Å². The molecule has 0 spiro atoms. The van der Waals surface area contributed by atoms with Crippen LogP contribution in [0, 0.1) is 0 Å². The topological polar surface area (TPSA) is 62.3 Å². The van der Waals surface area contributed by atoms with E-state index in [2.05, 4.69) is 21.0 Å². The Morgan fingerprint density at radius 2 is 2.26 bits per heavy atom. The third kappa shape index (κ3) is 3.27. The van der Waals surface area contributed by atoms with Gasteiger partial charge in [0.1, 0.15) is 17.6 Å². The Labute approximate surface area is 120 Å². The average Bonchev–Trinajstić information content (AvgIpc) is 2.83. The van der Waals surface area contributed by atoms with Gasteiger partial charge in [0.05, 0.1) is 17.8 Å². The Bertz CT molecular complexity index is 557. The van der Waals surface area contributed by atoms with Crippen molar-refractivity contribution in [1.29, 1.82) is 0 Å². The van der Waals surface area contributed by atoms with E-state index >= 15 is 0 Å². The fraction of sp³-hybridized carbons (Fsp3) is 0.308. The summed E-state index contributed by atoms with van der Waals surface area (Å²) in [5, 5.41) is 4.13. The van der Waals surface area contributed by atoms with E-state index in [1.165, 1.54) is 0 Å². The normalized spacial score (nSPS) is 12.2. The Morgan fingerprint density at radius 3 is 2.79 bits per heavy atom. The SMILES string of the molecule is COc1ccc(OC(CN)c2cnn(C)c2)c(Br)c1. The van der Waals surface area contributed by atoms with Crippen molar-refractivity contribution in [3.63, 3.8) is 0 Å². The van der Waals surface area contributed by atoms with E-state index < -0.39 is 0 Å². The smallest absolute Gasteiger partial charge is 0.139 e. The van der Waals surface area contributed by atoms with Crippen molar-refractivity contribution in [2.75, 3.05) is 13.7 Å². The number of hydrogen-bond acceptors (Lipinski definition) is 4. The molecule has 0 aliphatic carbocycles. The maximum Gasteiger partial charge on any atom is 0.139 e. The molecule has 0 aliphatic heterocycles. The van der Waals surface area contributed by atoms with Gasteiger partial charge in [-0.3, -0.25) is 4.68 Å². The van der Waals surface area contributed by atoms with Crippen molar-refractivity contribution in [2.45, 2.75) is 6.10 Å². The predicted molar refractivity (Wildman–Crippen MR) is 76.3 cm³/mol. The van der Waals surface area contributed by atoms with E-state index in [0.717, 1.165) is 21.5 Å². The lowest BCUT2D eigenvalue weighted by Gasteiger charge is -2.17. The fourth-order valence-corrected chi connectivity index (χ4v) is 2.17.